The molecule has 118 valence electrons. The minimum absolute atomic E-state index is 0.559. The first-order chi connectivity index (χ1) is 10.1. The number of hydrogen-bond donors (Lipinski definition) is 2. The molecule has 0 aliphatic carbocycles. The molecule has 0 aromatic carbocycles. The molecular weight excluding hydrogens is 307 g/mol. The lowest BCUT2D eigenvalue weighted by molar-refractivity contribution is 0.198. The molecule has 1 aliphatic rings. The van der Waals surface area contributed by atoms with Crippen LogP contribution in [0.3, 0.4) is 0 Å². The number of nitrogens with one attached hydrogen (secondary N) is 2. The van der Waals surface area contributed by atoms with Gasteiger partial charge in [0.05, 0.1) is 10.0 Å². The van der Waals surface area contributed by atoms with Crippen molar-refractivity contribution in [1.82, 2.24) is 9.88 Å². The van der Waals surface area contributed by atoms with Crippen molar-refractivity contribution < 1.29 is 0 Å². The largest absolute Gasteiger partial charge is 0.369 e. The van der Waals surface area contributed by atoms with E-state index in [0.717, 1.165) is 25.5 Å². The highest BCUT2D eigenvalue weighted by Crippen LogP contribution is 2.29. The van der Waals surface area contributed by atoms with Crippen molar-refractivity contribution in [2.75, 3.05) is 43.4 Å². The molecule has 1 saturated heterocycles. The van der Waals surface area contributed by atoms with Crippen molar-refractivity contribution in [2.45, 2.75) is 26.7 Å². The number of likely N-dealkylation sites (tertiary alicyclic amines) is 1. The summed E-state index contributed by atoms with van der Waals surface area (Å²) in [5.74, 6) is 2.09. The minimum Gasteiger partial charge on any atom is -0.369 e. The molecule has 1 aromatic heterocycles. The fourth-order valence-corrected chi connectivity index (χ4v) is 3.12. The average molecular weight is 331 g/mol. The molecule has 2 heterocycles. The van der Waals surface area contributed by atoms with E-state index in [4.69, 9.17) is 23.2 Å². The molecule has 0 atom stereocenters. The van der Waals surface area contributed by atoms with Gasteiger partial charge >= 0.3 is 0 Å². The van der Waals surface area contributed by atoms with Crippen LogP contribution in [0, 0.1) is 5.92 Å². The lowest BCUT2D eigenvalue weighted by Gasteiger charge is -2.31. The van der Waals surface area contributed by atoms with E-state index in [1.54, 1.807) is 6.07 Å². The maximum absolute atomic E-state index is 6.22. The number of nitrogens with zero attached hydrogens (tertiary/aromatic N) is 2. The van der Waals surface area contributed by atoms with Crippen molar-refractivity contribution in [3.05, 3.63) is 16.1 Å². The van der Waals surface area contributed by atoms with Crippen LogP contribution >= 0.6 is 23.2 Å². The molecule has 1 fully saturated rings. The van der Waals surface area contributed by atoms with Crippen LogP contribution in [0.15, 0.2) is 6.07 Å². The molecule has 21 heavy (non-hydrogen) atoms. The Balaban J connectivity index is 1.92. The summed E-state index contributed by atoms with van der Waals surface area (Å²) < 4.78 is 0. The van der Waals surface area contributed by atoms with Crippen LogP contribution in [-0.2, 0) is 0 Å². The lowest BCUT2D eigenvalue weighted by Crippen LogP contribution is -2.35. The van der Waals surface area contributed by atoms with E-state index in [-0.39, 0.29) is 0 Å². The van der Waals surface area contributed by atoms with E-state index >= 15 is 0 Å². The molecule has 2 N–H and O–H groups in total. The third kappa shape index (κ3) is 4.63. The van der Waals surface area contributed by atoms with Crippen LogP contribution in [0.4, 0.5) is 11.6 Å². The van der Waals surface area contributed by atoms with Gasteiger partial charge in [0, 0.05) is 13.1 Å². The van der Waals surface area contributed by atoms with Gasteiger partial charge in [0.25, 0.3) is 0 Å². The molecule has 0 spiro atoms. The summed E-state index contributed by atoms with van der Waals surface area (Å²) in [6, 6.07) is 1.75. The van der Waals surface area contributed by atoms with Crippen molar-refractivity contribution in [2.24, 2.45) is 5.92 Å². The Morgan fingerprint density at radius 3 is 2.33 bits per heavy atom. The number of anilines is 2. The lowest BCUT2D eigenvalue weighted by atomic mass is 9.97. The van der Waals surface area contributed by atoms with E-state index in [9.17, 15) is 0 Å². The normalized spacial score (nSPS) is 17.0. The summed E-state index contributed by atoms with van der Waals surface area (Å²) in [4.78, 5) is 6.97. The van der Waals surface area contributed by atoms with Gasteiger partial charge in [-0.25, -0.2) is 4.98 Å². The van der Waals surface area contributed by atoms with Gasteiger partial charge in [-0.1, -0.05) is 30.1 Å². The van der Waals surface area contributed by atoms with Crippen molar-refractivity contribution in [3.63, 3.8) is 0 Å². The second kappa shape index (κ2) is 8.06. The predicted octanol–water partition coefficient (Wildman–Crippen LogP) is 3.96. The molecule has 2 rings (SSSR count). The maximum atomic E-state index is 6.22. The molecular formula is C15H24Cl2N4. The molecule has 0 bridgehead atoms. The second-order valence-electron chi connectivity index (χ2n) is 5.44. The summed E-state index contributed by atoms with van der Waals surface area (Å²) in [6.07, 6.45) is 2.46. The number of pyridine rings is 1. The summed E-state index contributed by atoms with van der Waals surface area (Å²) in [6.45, 7) is 9.46. The smallest absolute Gasteiger partial charge is 0.147 e. The molecule has 4 nitrogen and oxygen atoms in total. The van der Waals surface area contributed by atoms with Gasteiger partial charge in [-0.2, -0.15) is 0 Å². The Morgan fingerprint density at radius 1 is 1.14 bits per heavy atom. The standard InChI is InChI=1S/C15H24Cl2N4/c1-3-18-14-12(16)9-13(17)15(20-14)19-10-11-5-7-21(4-2)8-6-11/h9,11H,3-8,10H2,1-2H3,(H2,18,19,20). The Labute approximate surface area is 137 Å². The topological polar surface area (TPSA) is 40.2 Å². The minimum atomic E-state index is 0.559. The third-order valence-corrected chi connectivity index (χ3v) is 4.56. The molecule has 0 unspecified atom stereocenters. The molecule has 0 radical (unpaired) electrons. The van der Waals surface area contributed by atoms with Crippen molar-refractivity contribution >= 4 is 34.8 Å². The highest BCUT2D eigenvalue weighted by Gasteiger charge is 2.18. The maximum Gasteiger partial charge on any atom is 0.147 e. The van der Waals surface area contributed by atoms with Gasteiger partial charge in [0.2, 0.25) is 0 Å². The zero-order valence-corrected chi connectivity index (χ0v) is 14.3. The first-order valence-corrected chi connectivity index (χ1v) is 8.45. The number of hydrogen-bond acceptors (Lipinski definition) is 4. The van der Waals surface area contributed by atoms with Crippen LogP contribution < -0.4 is 10.6 Å². The zero-order chi connectivity index (χ0) is 15.2. The van der Waals surface area contributed by atoms with E-state index in [1.807, 2.05) is 6.92 Å². The summed E-state index contributed by atoms with van der Waals surface area (Å²) in [5, 5.41) is 7.66. The Bertz CT molecular complexity index is 459. The molecule has 1 aliphatic heterocycles. The van der Waals surface area contributed by atoms with Crippen LogP contribution in [0.1, 0.15) is 26.7 Å². The Kier molecular flexibility index (Phi) is 6.40. The van der Waals surface area contributed by atoms with Crippen LogP contribution in [-0.4, -0.2) is 42.6 Å². The highest BCUT2D eigenvalue weighted by molar-refractivity contribution is 6.37. The van der Waals surface area contributed by atoms with Gasteiger partial charge in [0.1, 0.15) is 11.6 Å². The molecule has 0 amide bonds. The third-order valence-electron chi connectivity index (χ3n) is 3.99. The average Bonchev–Trinajstić information content (AvgIpc) is 2.49. The van der Waals surface area contributed by atoms with E-state index in [2.05, 4.69) is 27.4 Å². The van der Waals surface area contributed by atoms with Gasteiger partial charge in [-0.05, 0) is 51.4 Å². The zero-order valence-electron chi connectivity index (χ0n) is 12.8. The molecule has 6 heteroatoms. The van der Waals surface area contributed by atoms with E-state index in [0.29, 0.717) is 21.8 Å². The van der Waals surface area contributed by atoms with Crippen molar-refractivity contribution in [1.29, 1.82) is 0 Å². The Hall–Kier alpha value is -0.710. The number of piperidine rings is 1. The SMILES string of the molecule is CCNc1nc(NCC2CCN(CC)CC2)c(Cl)cc1Cl. The predicted molar refractivity (Wildman–Crippen MR) is 91.7 cm³/mol. The van der Waals surface area contributed by atoms with Gasteiger partial charge in [0.15, 0.2) is 0 Å². The van der Waals surface area contributed by atoms with Gasteiger partial charge < -0.3 is 15.5 Å². The summed E-state index contributed by atoms with van der Waals surface area (Å²) in [7, 11) is 0. The quantitative estimate of drug-likeness (QED) is 0.828. The number of rotatable bonds is 6. The monoisotopic (exact) mass is 330 g/mol. The fraction of sp³-hybridized carbons (Fsp3) is 0.667. The van der Waals surface area contributed by atoms with Crippen LogP contribution in [0.25, 0.3) is 0 Å². The van der Waals surface area contributed by atoms with Gasteiger partial charge in [-0.3, -0.25) is 0 Å². The number of aromatic nitrogens is 1. The van der Waals surface area contributed by atoms with E-state index in [1.165, 1.54) is 25.9 Å². The first kappa shape index (κ1) is 16.7. The van der Waals surface area contributed by atoms with Crippen LogP contribution in [0.5, 0.6) is 0 Å². The van der Waals surface area contributed by atoms with Gasteiger partial charge in [-0.15, -0.1) is 0 Å². The second-order valence-corrected chi connectivity index (χ2v) is 6.25. The number of halogens is 2. The molecule has 1 aromatic rings. The van der Waals surface area contributed by atoms with Crippen LogP contribution in [0.2, 0.25) is 10.0 Å². The fourth-order valence-electron chi connectivity index (χ4n) is 2.63. The summed E-state index contributed by atoms with van der Waals surface area (Å²) in [5.41, 5.74) is 0. The van der Waals surface area contributed by atoms with E-state index < -0.39 is 0 Å². The summed E-state index contributed by atoms with van der Waals surface area (Å²) >= 11 is 12.3. The van der Waals surface area contributed by atoms with Crippen molar-refractivity contribution in [3.8, 4) is 0 Å². The molecule has 0 saturated carbocycles. The Morgan fingerprint density at radius 2 is 1.76 bits per heavy atom. The first-order valence-electron chi connectivity index (χ1n) is 7.70. The highest BCUT2D eigenvalue weighted by atomic mass is 35.5.